The predicted octanol–water partition coefficient (Wildman–Crippen LogP) is 1.37. The third kappa shape index (κ3) is 1.83. The molecule has 0 saturated carbocycles. The second-order valence-electron chi connectivity index (χ2n) is 3.31. The Hall–Kier alpha value is -1.69. The lowest BCUT2D eigenvalue weighted by Gasteiger charge is -2.01. The zero-order chi connectivity index (χ0) is 11.7. The number of hydrogen-bond donors (Lipinski definition) is 2. The number of H-pyrrole nitrogens is 1. The molecule has 2 aromatic rings. The Labute approximate surface area is 99.5 Å². The number of hydrogen-bond acceptors (Lipinski definition) is 4. The molecule has 5 nitrogen and oxygen atoms in total. The van der Waals surface area contributed by atoms with Crippen LogP contribution in [0.25, 0.3) is 11.0 Å². The fourth-order valence-electron chi connectivity index (χ4n) is 1.40. The molecule has 0 saturated heterocycles. The first-order chi connectivity index (χ1) is 7.61. The number of aromatic amines is 1. The van der Waals surface area contributed by atoms with Gasteiger partial charge in [-0.1, -0.05) is 0 Å². The van der Waals surface area contributed by atoms with Gasteiger partial charge in [-0.2, -0.15) is 5.10 Å². The third-order valence-corrected chi connectivity index (χ3v) is 2.68. The van der Waals surface area contributed by atoms with Crippen molar-refractivity contribution in [3.8, 4) is 0 Å². The number of rotatable bonds is 1. The number of aromatic nitrogens is 2. The number of nitrogens with zero attached hydrogens (tertiary/aromatic N) is 2. The maximum Gasteiger partial charge on any atom is 0.257 e. The third-order valence-electron chi connectivity index (χ3n) is 2.24. The summed E-state index contributed by atoms with van der Waals surface area (Å²) in [7, 11) is 0. The van der Waals surface area contributed by atoms with Crippen molar-refractivity contribution in [2.24, 2.45) is 10.9 Å². The summed E-state index contributed by atoms with van der Waals surface area (Å²) < 4.78 is 0.813. The number of nitrogens with two attached hydrogens (primary N) is 1. The van der Waals surface area contributed by atoms with E-state index in [1.54, 1.807) is 25.3 Å². The summed E-state index contributed by atoms with van der Waals surface area (Å²) in [4.78, 5) is 18.6. The van der Waals surface area contributed by atoms with Crippen LogP contribution in [-0.4, -0.2) is 15.7 Å². The molecular weight excluding hydrogens is 272 g/mol. The average molecular weight is 281 g/mol. The lowest BCUT2D eigenvalue weighted by Crippen LogP contribution is -2.17. The molecule has 82 valence electrons. The summed E-state index contributed by atoms with van der Waals surface area (Å²) in [5.74, 6) is 5.15. The summed E-state index contributed by atoms with van der Waals surface area (Å²) >= 11 is 3.29. The molecule has 6 heteroatoms. The highest BCUT2D eigenvalue weighted by Crippen LogP contribution is 2.14. The van der Waals surface area contributed by atoms with E-state index in [0.717, 1.165) is 4.47 Å². The lowest BCUT2D eigenvalue weighted by atomic mass is 10.1. The van der Waals surface area contributed by atoms with Crippen LogP contribution >= 0.6 is 15.9 Å². The van der Waals surface area contributed by atoms with Gasteiger partial charge in [0.1, 0.15) is 0 Å². The molecule has 0 radical (unpaired) electrons. The molecule has 3 N–H and O–H groups in total. The monoisotopic (exact) mass is 280 g/mol. The van der Waals surface area contributed by atoms with Crippen molar-refractivity contribution in [2.45, 2.75) is 6.92 Å². The highest BCUT2D eigenvalue weighted by molar-refractivity contribution is 9.10. The predicted molar refractivity (Wildman–Crippen MR) is 66.5 cm³/mol. The van der Waals surface area contributed by atoms with Crippen LogP contribution in [0.5, 0.6) is 0 Å². The van der Waals surface area contributed by atoms with Gasteiger partial charge in [-0.3, -0.25) is 9.78 Å². The largest absolute Gasteiger partial charge is 0.323 e. The Morgan fingerprint density at radius 3 is 3.00 bits per heavy atom. The van der Waals surface area contributed by atoms with Gasteiger partial charge < -0.3 is 10.8 Å². The first-order valence-corrected chi connectivity index (χ1v) is 5.34. The molecule has 0 fully saturated rings. The van der Waals surface area contributed by atoms with Crippen LogP contribution in [0.2, 0.25) is 0 Å². The van der Waals surface area contributed by atoms with Crippen molar-refractivity contribution in [3.63, 3.8) is 0 Å². The van der Waals surface area contributed by atoms with Gasteiger partial charge in [-0.25, -0.2) is 0 Å². The second kappa shape index (κ2) is 4.05. The van der Waals surface area contributed by atoms with Gasteiger partial charge >= 0.3 is 0 Å². The zero-order valence-electron chi connectivity index (χ0n) is 8.49. The number of hydrazone groups is 1. The molecule has 0 amide bonds. The van der Waals surface area contributed by atoms with Crippen LogP contribution in [-0.2, 0) is 0 Å². The highest BCUT2D eigenvalue weighted by atomic mass is 79.9. The summed E-state index contributed by atoms with van der Waals surface area (Å²) in [6.07, 6.45) is 1.67. The Morgan fingerprint density at radius 1 is 1.56 bits per heavy atom. The molecule has 0 atom stereocenters. The number of fused-ring (bicyclic) bond motifs is 1. The Morgan fingerprint density at radius 2 is 2.31 bits per heavy atom. The molecule has 0 spiro atoms. The molecule has 0 unspecified atom stereocenters. The second-order valence-corrected chi connectivity index (χ2v) is 4.23. The van der Waals surface area contributed by atoms with Crippen LogP contribution in [0.3, 0.4) is 0 Å². The lowest BCUT2D eigenvalue weighted by molar-refractivity contribution is 1.21. The quantitative estimate of drug-likeness (QED) is 0.470. The van der Waals surface area contributed by atoms with Gasteiger partial charge in [-0.05, 0) is 35.0 Å². The molecule has 0 bridgehead atoms. The minimum Gasteiger partial charge on any atom is -0.323 e. The van der Waals surface area contributed by atoms with Crippen molar-refractivity contribution in [3.05, 3.63) is 38.7 Å². The van der Waals surface area contributed by atoms with E-state index in [4.69, 9.17) is 5.84 Å². The highest BCUT2D eigenvalue weighted by Gasteiger charge is 2.06. The number of halogens is 1. The average Bonchev–Trinajstić information content (AvgIpc) is 2.27. The van der Waals surface area contributed by atoms with Crippen LogP contribution in [0.1, 0.15) is 12.5 Å². The molecule has 0 aromatic carbocycles. The fourth-order valence-corrected chi connectivity index (χ4v) is 1.73. The Balaban J connectivity index is 2.77. The van der Waals surface area contributed by atoms with Crippen molar-refractivity contribution < 1.29 is 0 Å². The van der Waals surface area contributed by atoms with Crippen LogP contribution < -0.4 is 11.4 Å². The van der Waals surface area contributed by atoms with Crippen LogP contribution in [0.15, 0.2) is 32.7 Å². The van der Waals surface area contributed by atoms with Gasteiger partial charge in [0.05, 0.1) is 22.3 Å². The molecule has 0 aliphatic heterocycles. The van der Waals surface area contributed by atoms with E-state index in [1.165, 1.54) is 0 Å². The van der Waals surface area contributed by atoms with E-state index < -0.39 is 0 Å². The summed E-state index contributed by atoms with van der Waals surface area (Å²) in [5, 5.41) is 3.50. The van der Waals surface area contributed by atoms with Gasteiger partial charge in [0.2, 0.25) is 0 Å². The topological polar surface area (TPSA) is 84.1 Å². The standard InChI is InChI=1S/C10H9BrN4O/c1-5(15-12)7-3-8-9(14-10(7)16)2-6(11)4-13-8/h2-4H,12H2,1H3,(H,14,16)/b15-5+. The van der Waals surface area contributed by atoms with Crippen LogP contribution in [0, 0.1) is 0 Å². The summed E-state index contributed by atoms with van der Waals surface area (Å²) in [6, 6.07) is 3.47. The first-order valence-electron chi connectivity index (χ1n) is 4.55. The normalized spacial score (nSPS) is 12.0. The molecule has 0 aliphatic rings. The van der Waals surface area contributed by atoms with Gasteiger partial charge in [0.15, 0.2) is 0 Å². The maximum absolute atomic E-state index is 11.7. The van der Waals surface area contributed by atoms with E-state index in [1.807, 2.05) is 0 Å². The number of pyridine rings is 2. The minimum atomic E-state index is -0.223. The van der Waals surface area contributed by atoms with Crippen molar-refractivity contribution >= 4 is 32.7 Å². The summed E-state index contributed by atoms with van der Waals surface area (Å²) in [5.41, 5.74) is 2.06. The number of nitrogens with one attached hydrogen (secondary N) is 1. The van der Waals surface area contributed by atoms with Gasteiger partial charge in [-0.15, -0.1) is 0 Å². The van der Waals surface area contributed by atoms with E-state index in [2.05, 4.69) is 31.0 Å². The van der Waals surface area contributed by atoms with Crippen molar-refractivity contribution in [1.82, 2.24) is 9.97 Å². The smallest absolute Gasteiger partial charge is 0.257 e. The molecule has 2 heterocycles. The van der Waals surface area contributed by atoms with Gasteiger partial charge in [0.25, 0.3) is 5.56 Å². The molecule has 2 rings (SSSR count). The fraction of sp³-hybridized carbons (Fsp3) is 0.100. The maximum atomic E-state index is 11.7. The van der Waals surface area contributed by atoms with E-state index in [9.17, 15) is 4.79 Å². The molecule has 16 heavy (non-hydrogen) atoms. The van der Waals surface area contributed by atoms with Crippen LogP contribution in [0.4, 0.5) is 0 Å². The van der Waals surface area contributed by atoms with E-state index >= 15 is 0 Å². The van der Waals surface area contributed by atoms with Crippen molar-refractivity contribution in [2.75, 3.05) is 0 Å². The van der Waals surface area contributed by atoms with Crippen molar-refractivity contribution in [1.29, 1.82) is 0 Å². The molecule has 0 aliphatic carbocycles. The molecular formula is C10H9BrN4O. The van der Waals surface area contributed by atoms with E-state index in [0.29, 0.717) is 22.3 Å². The first kappa shape index (κ1) is 10.8. The van der Waals surface area contributed by atoms with E-state index in [-0.39, 0.29) is 5.56 Å². The Kier molecular flexibility index (Phi) is 2.74. The zero-order valence-corrected chi connectivity index (χ0v) is 10.1. The summed E-state index contributed by atoms with van der Waals surface area (Å²) in [6.45, 7) is 1.68. The Bertz CT molecular complexity index is 632. The minimum absolute atomic E-state index is 0.223. The van der Waals surface area contributed by atoms with Gasteiger partial charge in [0, 0.05) is 10.7 Å². The molecule has 2 aromatic heterocycles. The SMILES string of the molecule is C/C(=N\N)c1cc2ncc(Br)cc2[nH]c1=O.